The first-order chi connectivity index (χ1) is 26.8. The van der Waals surface area contributed by atoms with E-state index in [0.717, 1.165) is 11.1 Å². The molecule has 6 aromatic carbocycles. The molecular formula is C41H35FN2O10S2. The fourth-order valence-electron chi connectivity index (χ4n) is 6.08. The molecule has 0 fully saturated rings. The number of halogens is 1. The van der Waals surface area contributed by atoms with Crippen molar-refractivity contribution >= 4 is 48.4 Å². The standard InChI is InChI=1S/C41H35FN2O10S2/c1-53-34-17-21-36(22-18-34)56(51,52)44(26-39(47)48)40-37-10-6-5-9-31(37)23-32(41(40)54-27-28-11-15-33(42)16-12-28)24-43(25-38(45)46)55(49,50)35-19-13-30(14-20-35)29-7-3-2-4-8-29/h2-23H,24-27H2,1H3,(H,45,46)(H,47,48). The lowest BCUT2D eigenvalue weighted by Crippen LogP contribution is -2.37. The second kappa shape index (κ2) is 16.6. The number of hydrogen-bond acceptors (Lipinski definition) is 8. The van der Waals surface area contributed by atoms with Crippen molar-refractivity contribution in [1.82, 2.24) is 4.31 Å². The monoisotopic (exact) mass is 798 g/mol. The van der Waals surface area contributed by atoms with Gasteiger partial charge in [0, 0.05) is 17.5 Å². The zero-order valence-corrected chi connectivity index (χ0v) is 31.4. The summed E-state index contributed by atoms with van der Waals surface area (Å²) >= 11 is 0. The van der Waals surface area contributed by atoms with Crippen LogP contribution in [-0.2, 0) is 42.8 Å². The normalized spacial score (nSPS) is 11.7. The molecule has 12 nitrogen and oxygen atoms in total. The molecule has 0 unspecified atom stereocenters. The van der Waals surface area contributed by atoms with E-state index in [1.165, 1.54) is 73.8 Å². The van der Waals surface area contributed by atoms with Gasteiger partial charge in [-0.05, 0) is 76.7 Å². The molecule has 0 aliphatic carbocycles. The van der Waals surface area contributed by atoms with Crippen LogP contribution in [0.3, 0.4) is 0 Å². The number of hydrogen-bond donors (Lipinski definition) is 2. The van der Waals surface area contributed by atoms with Crippen molar-refractivity contribution in [3.63, 3.8) is 0 Å². The molecule has 0 aromatic heterocycles. The lowest BCUT2D eigenvalue weighted by molar-refractivity contribution is -0.137. The highest BCUT2D eigenvalue weighted by Crippen LogP contribution is 2.43. The van der Waals surface area contributed by atoms with E-state index in [-0.39, 0.29) is 38.8 Å². The van der Waals surface area contributed by atoms with Crippen LogP contribution in [0.1, 0.15) is 11.1 Å². The minimum Gasteiger partial charge on any atom is -0.497 e. The summed E-state index contributed by atoms with van der Waals surface area (Å²) in [6.07, 6.45) is 0. The average molecular weight is 799 g/mol. The molecule has 6 rings (SSSR count). The number of aliphatic carboxylic acids is 2. The third-order valence-corrected chi connectivity index (χ3v) is 12.3. The number of rotatable bonds is 16. The van der Waals surface area contributed by atoms with Gasteiger partial charge in [-0.2, -0.15) is 4.31 Å². The SMILES string of the molecule is COc1ccc(S(=O)(=O)N(CC(=O)O)c2c(OCc3ccc(F)cc3)c(CN(CC(=O)O)S(=O)(=O)c3ccc(-c4ccccc4)cc3)cc3ccccc23)cc1. The van der Waals surface area contributed by atoms with E-state index in [1.807, 2.05) is 30.3 Å². The topological polar surface area (TPSA) is 168 Å². The molecule has 2 N–H and O–H groups in total. The van der Waals surface area contributed by atoms with E-state index in [9.17, 15) is 41.0 Å². The number of carboxylic acid groups (broad SMARTS) is 2. The number of carbonyl (C=O) groups is 2. The van der Waals surface area contributed by atoms with Crippen LogP contribution in [0, 0.1) is 5.82 Å². The maximum absolute atomic E-state index is 14.5. The van der Waals surface area contributed by atoms with Gasteiger partial charge >= 0.3 is 11.9 Å². The molecule has 0 amide bonds. The Morgan fingerprint density at radius 1 is 0.679 bits per heavy atom. The Morgan fingerprint density at radius 3 is 1.88 bits per heavy atom. The van der Waals surface area contributed by atoms with Gasteiger partial charge < -0.3 is 19.7 Å². The number of anilines is 1. The molecule has 0 aliphatic rings. The van der Waals surface area contributed by atoms with Crippen molar-refractivity contribution in [2.75, 3.05) is 24.5 Å². The molecule has 0 spiro atoms. The van der Waals surface area contributed by atoms with Crippen molar-refractivity contribution in [2.45, 2.75) is 22.9 Å². The number of fused-ring (bicyclic) bond motifs is 1. The van der Waals surface area contributed by atoms with E-state index in [2.05, 4.69) is 0 Å². The van der Waals surface area contributed by atoms with Gasteiger partial charge in [0.1, 0.15) is 42.7 Å². The molecule has 0 saturated carbocycles. The average Bonchev–Trinajstić information content (AvgIpc) is 3.19. The first-order valence-electron chi connectivity index (χ1n) is 17.0. The number of ether oxygens (including phenoxy) is 2. The summed E-state index contributed by atoms with van der Waals surface area (Å²) in [6.45, 7) is -3.02. The molecule has 56 heavy (non-hydrogen) atoms. The number of methoxy groups -OCH3 is 1. The Morgan fingerprint density at radius 2 is 1.25 bits per heavy atom. The van der Waals surface area contributed by atoms with E-state index in [4.69, 9.17) is 9.47 Å². The minimum atomic E-state index is -4.70. The largest absolute Gasteiger partial charge is 0.497 e. The summed E-state index contributed by atoms with van der Waals surface area (Å²) in [4.78, 5) is 24.2. The smallest absolute Gasteiger partial charge is 0.324 e. The lowest BCUT2D eigenvalue weighted by Gasteiger charge is -2.29. The van der Waals surface area contributed by atoms with Crippen LogP contribution < -0.4 is 13.8 Å². The van der Waals surface area contributed by atoms with Gasteiger partial charge in [-0.3, -0.25) is 13.9 Å². The number of benzene rings is 6. The molecule has 15 heteroatoms. The summed E-state index contributed by atoms with van der Waals surface area (Å²) < 4.78 is 84.1. The molecule has 0 aliphatic heterocycles. The Bertz CT molecular complexity index is 2590. The van der Waals surface area contributed by atoms with Crippen LogP contribution in [0.2, 0.25) is 0 Å². The lowest BCUT2D eigenvalue weighted by atomic mass is 10.0. The van der Waals surface area contributed by atoms with E-state index in [0.29, 0.717) is 25.3 Å². The van der Waals surface area contributed by atoms with Crippen LogP contribution in [0.5, 0.6) is 11.5 Å². The first-order valence-corrected chi connectivity index (χ1v) is 19.8. The van der Waals surface area contributed by atoms with E-state index < -0.39 is 57.4 Å². The zero-order chi connectivity index (χ0) is 40.0. The predicted molar refractivity (Wildman–Crippen MR) is 207 cm³/mol. The maximum atomic E-state index is 14.5. The van der Waals surface area contributed by atoms with Crippen LogP contribution >= 0.6 is 0 Å². The van der Waals surface area contributed by atoms with Gasteiger partial charge in [-0.25, -0.2) is 21.2 Å². The Hall–Kier alpha value is -6.29. The van der Waals surface area contributed by atoms with Gasteiger partial charge in [-0.15, -0.1) is 0 Å². The summed E-state index contributed by atoms with van der Waals surface area (Å²) in [7, 11) is -7.85. The van der Waals surface area contributed by atoms with Gasteiger partial charge in [-0.1, -0.05) is 78.9 Å². The summed E-state index contributed by atoms with van der Waals surface area (Å²) in [6, 6.07) is 33.6. The minimum absolute atomic E-state index is 0.0202. The number of nitrogens with zero attached hydrogens (tertiary/aromatic N) is 2. The fraction of sp³-hybridized carbons (Fsp3) is 0.122. The highest BCUT2D eigenvalue weighted by Gasteiger charge is 2.34. The van der Waals surface area contributed by atoms with Crippen LogP contribution in [0.15, 0.2) is 143 Å². The highest BCUT2D eigenvalue weighted by molar-refractivity contribution is 7.93. The van der Waals surface area contributed by atoms with Gasteiger partial charge in [0.2, 0.25) is 10.0 Å². The van der Waals surface area contributed by atoms with Crippen LogP contribution in [0.4, 0.5) is 10.1 Å². The van der Waals surface area contributed by atoms with Crippen LogP contribution in [0.25, 0.3) is 21.9 Å². The second-order valence-corrected chi connectivity index (χ2v) is 16.3. The van der Waals surface area contributed by atoms with Crippen molar-refractivity contribution in [3.05, 3.63) is 150 Å². The Balaban J connectivity index is 1.55. The molecule has 0 atom stereocenters. The molecule has 6 aromatic rings. The predicted octanol–water partition coefficient (Wildman–Crippen LogP) is 6.79. The maximum Gasteiger partial charge on any atom is 0.324 e. The van der Waals surface area contributed by atoms with E-state index in [1.54, 1.807) is 36.4 Å². The molecular weight excluding hydrogens is 764 g/mol. The van der Waals surface area contributed by atoms with Crippen molar-refractivity contribution in [1.29, 1.82) is 0 Å². The van der Waals surface area contributed by atoms with Crippen molar-refractivity contribution in [2.24, 2.45) is 0 Å². The molecule has 0 saturated heterocycles. The van der Waals surface area contributed by atoms with Crippen LogP contribution in [-0.4, -0.2) is 63.5 Å². The quantitative estimate of drug-likeness (QED) is 0.106. The summed E-state index contributed by atoms with van der Waals surface area (Å²) in [5.41, 5.74) is 1.78. The zero-order valence-electron chi connectivity index (χ0n) is 29.8. The summed E-state index contributed by atoms with van der Waals surface area (Å²) in [5, 5.41) is 20.7. The molecule has 0 radical (unpaired) electrons. The third kappa shape index (κ3) is 8.65. The second-order valence-electron chi connectivity index (χ2n) is 12.5. The van der Waals surface area contributed by atoms with Gasteiger partial charge in [0.15, 0.2) is 0 Å². The summed E-state index contributed by atoms with van der Waals surface area (Å²) in [5.74, 6) is -3.41. The van der Waals surface area contributed by atoms with Crippen molar-refractivity contribution in [3.8, 4) is 22.6 Å². The molecule has 288 valence electrons. The van der Waals surface area contributed by atoms with Gasteiger partial charge in [0.05, 0.1) is 16.9 Å². The molecule has 0 bridgehead atoms. The van der Waals surface area contributed by atoms with E-state index >= 15 is 0 Å². The highest BCUT2D eigenvalue weighted by atomic mass is 32.2. The van der Waals surface area contributed by atoms with Gasteiger partial charge in [0.25, 0.3) is 10.0 Å². The third-order valence-electron chi connectivity index (χ3n) is 8.78. The molecule has 0 heterocycles. The first kappa shape index (κ1) is 39.4. The Kier molecular flexibility index (Phi) is 11.7. The number of sulfonamides is 2. The fourth-order valence-corrected chi connectivity index (χ4v) is 8.88. The van der Waals surface area contributed by atoms with Crippen molar-refractivity contribution < 1.29 is 50.5 Å². The number of carboxylic acids is 2. The Labute approximate surface area is 322 Å².